The fraction of sp³-hybridized carbons (Fsp3) is 0.457. The van der Waals surface area contributed by atoms with Crippen LogP contribution in [0.2, 0.25) is 0 Å². The number of aliphatic hydroxyl groups excluding tert-OH is 1. The average Bonchev–Trinajstić information content (AvgIpc) is 3.64. The van der Waals surface area contributed by atoms with Crippen molar-refractivity contribution in [1.29, 1.82) is 0 Å². The van der Waals surface area contributed by atoms with Crippen molar-refractivity contribution >= 4 is 49.6 Å². The number of nitrogens with zero attached hydrogens (tertiary/aromatic N) is 2. The van der Waals surface area contributed by atoms with E-state index in [-0.39, 0.29) is 47.9 Å². The third kappa shape index (κ3) is 8.32. The monoisotopic (exact) mass is 894 g/mol. The Bertz CT molecular complexity index is 2260. The zero-order valence-corrected chi connectivity index (χ0v) is 36.1. The molecule has 3 aromatic carbocycles. The smallest absolute Gasteiger partial charge is 0.223 e. The van der Waals surface area contributed by atoms with Gasteiger partial charge in [-0.05, 0) is 55.6 Å². The van der Waals surface area contributed by atoms with E-state index >= 15 is 0 Å². The zero-order valence-electron chi connectivity index (χ0n) is 33.7. The molecule has 0 aliphatic heterocycles. The summed E-state index contributed by atoms with van der Waals surface area (Å²) in [4.78, 5) is 21.4. The minimum atomic E-state index is -0.337. The SMILES string of the molecule is CCC(C)(CC)C(=O)/C=C(\O)C(C)(CC)CC.Cc1c(CC(C)C)oc2cc3oc4ncnc(-c5[c-]c6ccccc6c(C(C)(C)C)c5)c4c3cc12.[Ir]. The van der Waals surface area contributed by atoms with E-state index in [9.17, 15) is 9.90 Å². The van der Waals surface area contributed by atoms with E-state index in [0.29, 0.717) is 11.6 Å². The van der Waals surface area contributed by atoms with Crippen molar-refractivity contribution < 1.29 is 38.8 Å². The molecule has 0 aliphatic carbocycles. The molecule has 0 fully saturated rings. The second-order valence-corrected chi connectivity index (χ2v) is 16.4. The van der Waals surface area contributed by atoms with E-state index in [0.717, 1.165) is 81.8 Å². The van der Waals surface area contributed by atoms with Crippen molar-refractivity contribution in [1.82, 2.24) is 9.97 Å². The maximum atomic E-state index is 12.2. The Morgan fingerprint density at radius 2 is 1.47 bits per heavy atom. The molecule has 3 aromatic heterocycles. The first-order valence-corrected chi connectivity index (χ1v) is 19.0. The summed E-state index contributed by atoms with van der Waals surface area (Å²) in [6.07, 6.45) is 7.25. The van der Waals surface area contributed by atoms with Crippen LogP contribution in [0.4, 0.5) is 0 Å². The van der Waals surface area contributed by atoms with Crippen LogP contribution in [-0.2, 0) is 36.7 Å². The number of benzene rings is 3. The van der Waals surface area contributed by atoms with Gasteiger partial charge in [-0.1, -0.05) is 105 Å². The van der Waals surface area contributed by atoms with Crippen LogP contribution in [0.25, 0.3) is 55.1 Å². The number of carbonyl (C=O) groups is 1. The Hall–Kier alpha value is -3.80. The predicted molar refractivity (Wildman–Crippen MR) is 216 cm³/mol. The number of ketones is 1. The summed E-state index contributed by atoms with van der Waals surface area (Å²) in [5.74, 6) is 1.86. The van der Waals surface area contributed by atoms with Crippen LogP contribution in [0.3, 0.4) is 0 Å². The normalized spacial score (nSPS) is 12.8. The Morgan fingerprint density at radius 1 is 0.849 bits per heavy atom. The van der Waals surface area contributed by atoms with Gasteiger partial charge in [-0.25, -0.2) is 4.98 Å². The van der Waals surface area contributed by atoms with Crippen LogP contribution in [0, 0.1) is 29.7 Å². The van der Waals surface area contributed by atoms with Crippen LogP contribution in [-0.4, -0.2) is 20.9 Å². The van der Waals surface area contributed by atoms with Crippen LogP contribution < -0.4 is 0 Å². The van der Waals surface area contributed by atoms with Gasteiger partial charge in [-0.15, -0.1) is 29.1 Å². The minimum absolute atomic E-state index is 0. The molecular formula is C46H57IrN2O4-. The molecule has 1 N–H and O–H groups in total. The Labute approximate surface area is 329 Å². The summed E-state index contributed by atoms with van der Waals surface area (Å²) >= 11 is 0. The molecule has 0 spiro atoms. The molecule has 0 amide bonds. The molecule has 0 atom stereocenters. The fourth-order valence-corrected chi connectivity index (χ4v) is 6.80. The van der Waals surface area contributed by atoms with Crippen molar-refractivity contribution in [3.8, 4) is 11.3 Å². The molecule has 3 heterocycles. The molecule has 285 valence electrons. The standard InChI is InChI=1S/C31H29N2O2.C15H28O2.Ir/c1-17(2)11-25-18(3)22-14-23-27(15-26(22)34-25)35-30-28(23)29(32-16-33-30)20-12-19-9-7-8-10-21(19)24(13-20)31(4,5)6;1-7-14(5,8-2)12(16)11-13(17)15(6,9-3)10-4;/h7-10,13-17H,11H2,1-6H3;11,16H,7-10H2,1-6H3;/q-1;;/b;12-11-;. The van der Waals surface area contributed by atoms with Gasteiger partial charge in [0.05, 0.1) is 0 Å². The van der Waals surface area contributed by atoms with Gasteiger partial charge in [0.15, 0.2) is 5.78 Å². The molecule has 6 nitrogen and oxygen atoms in total. The molecule has 6 rings (SSSR count). The second kappa shape index (κ2) is 16.3. The van der Waals surface area contributed by atoms with Crippen LogP contribution in [0.5, 0.6) is 0 Å². The van der Waals surface area contributed by atoms with Crippen molar-refractivity contribution in [2.24, 2.45) is 16.7 Å². The van der Waals surface area contributed by atoms with Gasteiger partial charge in [0.2, 0.25) is 5.71 Å². The largest absolute Gasteiger partial charge is 0.512 e. The van der Waals surface area contributed by atoms with Gasteiger partial charge in [0, 0.05) is 71.4 Å². The molecular weight excluding hydrogens is 837 g/mol. The van der Waals surface area contributed by atoms with Crippen molar-refractivity contribution in [3.63, 3.8) is 0 Å². The van der Waals surface area contributed by atoms with Crippen LogP contribution in [0.15, 0.2) is 69.5 Å². The molecule has 0 unspecified atom stereocenters. The molecule has 0 aliphatic rings. The predicted octanol–water partition coefficient (Wildman–Crippen LogP) is 13.2. The quantitative estimate of drug-likeness (QED) is 0.0837. The van der Waals surface area contributed by atoms with Gasteiger partial charge >= 0.3 is 0 Å². The van der Waals surface area contributed by atoms with Gasteiger partial charge in [-0.3, -0.25) is 9.78 Å². The van der Waals surface area contributed by atoms with Gasteiger partial charge < -0.3 is 13.9 Å². The van der Waals surface area contributed by atoms with E-state index in [2.05, 4.69) is 89.0 Å². The first kappa shape index (κ1) is 41.9. The Morgan fingerprint density at radius 3 is 2.08 bits per heavy atom. The first-order valence-electron chi connectivity index (χ1n) is 19.0. The number of allylic oxidation sites excluding steroid dienone is 2. The molecule has 6 aromatic rings. The van der Waals surface area contributed by atoms with Gasteiger partial charge in [-0.2, -0.15) is 0 Å². The Kier molecular flexibility index (Phi) is 12.9. The summed E-state index contributed by atoms with van der Waals surface area (Å²) in [5.41, 5.74) is 5.82. The number of aryl methyl sites for hydroxylation is 1. The van der Waals surface area contributed by atoms with Crippen molar-refractivity contribution in [2.45, 2.75) is 121 Å². The fourth-order valence-electron chi connectivity index (χ4n) is 6.80. The van der Waals surface area contributed by atoms with Crippen molar-refractivity contribution in [2.75, 3.05) is 0 Å². The molecule has 7 heteroatoms. The summed E-state index contributed by atoms with van der Waals surface area (Å²) in [7, 11) is 0. The molecule has 1 radical (unpaired) electrons. The van der Waals surface area contributed by atoms with Crippen molar-refractivity contribution in [3.05, 3.63) is 83.6 Å². The molecule has 0 saturated carbocycles. The van der Waals surface area contributed by atoms with E-state index in [1.54, 1.807) is 6.33 Å². The molecule has 53 heavy (non-hydrogen) atoms. The summed E-state index contributed by atoms with van der Waals surface area (Å²) in [6, 6.07) is 18.5. The van der Waals surface area contributed by atoms with Gasteiger partial charge in [0.25, 0.3) is 0 Å². The van der Waals surface area contributed by atoms with Gasteiger partial charge in [0.1, 0.15) is 29.0 Å². The molecule has 0 bridgehead atoms. The first-order chi connectivity index (χ1) is 24.5. The van der Waals surface area contributed by atoms with E-state index in [4.69, 9.17) is 13.8 Å². The third-order valence-electron chi connectivity index (χ3n) is 11.5. The second-order valence-electron chi connectivity index (χ2n) is 16.4. The summed E-state index contributed by atoms with van der Waals surface area (Å²) in [6.45, 7) is 25.4. The number of furan rings is 2. The summed E-state index contributed by atoms with van der Waals surface area (Å²) < 4.78 is 12.4. The maximum Gasteiger partial charge on any atom is 0.223 e. The van der Waals surface area contributed by atoms with E-state index < -0.39 is 0 Å². The number of fused-ring (bicyclic) bond motifs is 5. The maximum absolute atomic E-state index is 12.2. The van der Waals surface area contributed by atoms with E-state index in [1.807, 2.05) is 47.6 Å². The summed E-state index contributed by atoms with van der Waals surface area (Å²) in [5, 5.41) is 15.5. The number of carbonyl (C=O) groups excluding carboxylic acids is 1. The average molecular weight is 894 g/mol. The third-order valence-corrected chi connectivity index (χ3v) is 11.5. The zero-order chi connectivity index (χ0) is 38.2. The Balaban J connectivity index is 0.000000299. The minimum Gasteiger partial charge on any atom is -0.512 e. The number of hydrogen-bond donors (Lipinski definition) is 1. The number of aliphatic hydroxyl groups is 1. The number of hydrogen-bond acceptors (Lipinski definition) is 6. The van der Waals surface area contributed by atoms with Crippen LogP contribution >= 0.6 is 0 Å². The molecule has 0 saturated heterocycles. The van der Waals surface area contributed by atoms with E-state index in [1.165, 1.54) is 22.6 Å². The number of rotatable bonds is 10. The number of aromatic nitrogens is 2. The van der Waals surface area contributed by atoms with Crippen LogP contribution in [0.1, 0.15) is 119 Å². The topological polar surface area (TPSA) is 89.4 Å².